The van der Waals surface area contributed by atoms with E-state index in [0.717, 1.165) is 19.3 Å². The largest absolute Gasteiger partial charge is 0.476 e. The van der Waals surface area contributed by atoms with Gasteiger partial charge in [-0.15, -0.1) is 0 Å². The Kier molecular flexibility index (Phi) is 16.6. The number of thioether (sulfide) groups is 1. The van der Waals surface area contributed by atoms with Crippen molar-refractivity contribution in [3.8, 4) is 5.88 Å². The summed E-state index contributed by atoms with van der Waals surface area (Å²) in [4.78, 5) is 21.3. The first-order valence-electron chi connectivity index (χ1n) is 14.9. The van der Waals surface area contributed by atoms with Crippen molar-refractivity contribution in [3.63, 3.8) is 0 Å². The predicted octanol–water partition coefficient (Wildman–Crippen LogP) is 8.24. The third-order valence-corrected chi connectivity index (χ3v) is 7.99. The first-order valence-corrected chi connectivity index (χ1v) is 15.8. The van der Waals surface area contributed by atoms with Gasteiger partial charge in [0.15, 0.2) is 5.52 Å². The van der Waals surface area contributed by atoms with Crippen molar-refractivity contribution < 1.29 is 14.3 Å². The van der Waals surface area contributed by atoms with Gasteiger partial charge in [-0.1, -0.05) is 95.4 Å². The van der Waals surface area contributed by atoms with Gasteiger partial charge in [0.2, 0.25) is 5.88 Å². The molecule has 218 valence electrons. The average molecular weight is 559 g/mol. The number of aryl methyl sites for hydroxylation is 1. The lowest BCUT2D eigenvalue weighted by Gasteiger charge is -2.17. The summed E-state index contributed by atoms with van der Waals surface area (Å²) in [5.74, 6) is 0.519. The fraction of sp³-hybridized carbons (Fsp3) is 0.677. The molecule has 0 saturated heterocycles. The highest BCUT2D eigenvalue weighted by Gasteiger charge is 2.27. The van der Waals surface area contributed by atoms with Gasteiger partial charge in [0.1, 0.15) is 22.1 Å². The summed E-state index contributed by atoms with van der Waals surface area (Å²) >= 11 is 1.38. The second-order valence-corrected chi connectivity index (χ2v) is 11.4. The molecule has 2 heterocycles. The molecule has 0 saturated carbocycles. The Morgan fingerprint density at radius 2 is 1.59 bits per heavy atom. The monoisotopic (exact) mass is 558 g/mol. The number of rotatable bonds is 21. The Bertz CT molecular complexity index is 1020. The molecule has 8 heteroatoms. The third kappa shape index (κ3) is 12.1. The average Bonchev–Trinajstić information content (AvgIpc) is 3.24. The molecule has 0 amide bonds. The van der Waals surface area contributed by atoms with Crippen LogP contribution in [0.5, 0.6) is 5.88 Å². The van der Waals surface area contributed by atoms with E-state index in [9.17, 15) is 4.79 Å². The SMILES string of the molecule is CCCCCC=CCC=CCCCCCCCCOc1c2ncnc(SC(C(=O)OCC)C(C)C)c2nn1C. The van der Waals surface area contributed by atoms with Gasteiger partial charge in [0, 0.05) is 7.05 Å². The van der Waals surface area contributed by atoms with E-state index in [-0.39, 0.29) is 17.1 Å². The topological polar surface area (TPSA) is 79.1 Å². The van der Waals surface area contributed by atoms with Crippen LogP contribution in [0, 0.1) is 5.92 Å². The molecule has 0 N–H and O–H groups in total. The molecule has 0 fully saturated rings. The van der Waals surface area contributed by atoms with E-state index in [1.54, 1.807) is 4.68 Å². The van der Waals surface area contributed by atoms with E-state index >= 15 is 0 Å². The standard InChI is InChI=1S/C31H50N4O3S/c1-6-8-9-10-11-12-13-14-15-16-17-18-19-20-21-22-23-38-30-27-26(34-35(30)5)29(33-24-32-27)39-28(25(3)4)31(36)37-7-2/h11-12,14-15,24-25,28H,6-10,13,16-23H2,1-5H3. The van der Waals surface area contributed by atoms with Gasteiger partial charge in [-0.25, -0.2) is 14.6 Å². The number of allylic oxidation sites excluding steroid dienone is 4. The molecule has 0 aliphatic heterocycles. The highest BCUT2D eigenvalue weighted by Crippen LogP contribution is 2.34. The van der Waals surface area contributed by atoms with Crippen molar-refractivity contribution in [1.29, 1.82) is 0 Å². The molecule has 1 unspecified atom stereocenters. The van der Waals surface area contributed by atoms with Crippen LogP contribution in [0.2, 0.25) is 0 Å². The molecule has 2 aromatic rings. The molecule has 0 radical (unpaired) electrons. The lowest BCUT2D eigenvalue weighted by Crippen LogP contribution is -2.25. The van der Waals surface area contributed by atoms with E-state index in [2.05, 4.69) is 46.3 Å². The molecule has 2 aromatic heterocycles. The molecular weight excluding hydrogens is 508 g/mol. The van der Waals surface area contributed by atoms with Crippen LogP contribution in [-0.4, -0.2) is 44.2 Å². The summed E-state index contributed by atoms with van der Waals surface area (Å²) in [5.41, 5.74) is 1.34. The Morgan fingerprint density at radius 1 is 0.923 bits per heavy atom. The maximum absolute atomic E-state index is 12.4. The molecule has 0 aromatic carbocycles. The number of unbranched alkanes of at least 4 members (excludes halogenated alkanes) is 9. The molecule has 0 bridgehead atoms. The summed E-state index contributed by atoms with van der Waals surface area (Å²) in [6.07, 6.45) is 25.4. The van der Waals surface area contributed by atoms with Gasteiger partial charge in [0.25, 0.3) is 0 Å². The van der Waals surface area contributed by atoms with E-state index in [1.807, 2.05) is 27.8 Å². The van der Waals surface area contributed by atoms with Crippen LogP contribution < -0.4 is 4.74 Å². The molecule has 0 aliphatic carbocycles. The van der Waals surface area contributed by atoms with Crippen LogP contribution in [0.15, 0.2) is 35.7 Å². The summed E-state index contributed by atoms with van der Waals surface area (Å²) in [5, 5.41) is 4.93. The first-order chi connectivity index (χ1) is 19.0. The number of aromatic nitrogens is 4. The number of hydrogen-bond donors (Lipinski definition) is 0. The van der Waals surface area contributed by atoms with Crippen molar-refractivity contribution in [2.24, 2.45) is 13.0 Å². The van der Waals surface area contributed by atoms with Crippen molar-refractivity contribution in [1.82, 2.24) is 19.7 Å². The van der Waals surface area contributed by atoms with Crippen molar-refractivity contribution >= 4 is 28.8 Å². The van der Waals surface area contributed by atoms with E-state index < -0.39 is 0 Å². The van der Waals surface area contributed by atoms with Crippen molar-refractivity contribution in [3.05, 3.63) is 30.6 Å². The number of esters is 1. The minimum absolute atomic E-state index is 0.0993. The minimum Gasteiger partial charge on any atom is -0.476 e. The maximum atomic E-state index is 12.4. The first kappa shape index (κ1) is 32.9. The number of carbonyl (C=O) groups is 1. The smallest absolute Gasteiger partial charge is 0.319 e. The van der Waals surface area contributed by atoms with Crippen LogP contribution in [0.25, 0.3) is 11.0 Å². The second kappa shape index (κ2) is 19.7. The van der Waals surface area contributed by atoms with Gasteiger partial charge in [0.05, 0.1) is 13.2 Å². The molecular formula is C31H50N4O3S. The summed E-state index contributed by atoms with van der Waals surface area (Å²) in [6.45, 7) is 9.07. The lowest BCUT2D eigenvalue weighted by molar-refractivity contribution is -0.143. The van der Waals surface area contributed by atoms with Crippen LogP contribution in [0.3, 0.4) is 0 Å². The van der Waals surface area contributed by atoms with Crippen LogP contribution in [0.1, 0.15) is 105 Å². The van der Waals surface area contributed by atoms with Gasteiger partial charge in [-0.2, -0.15) is 5.10 Å². The number of hydrogen-bond acceptors (Lipinski definition) is 7. The lowest BCUT2D eigenvalue weighted by atomic mass is 10.1. The highest BCUT2D eigenvalue weighted by molar-refractivity contribution is 8.00. The number of fused-ring (bicyclic) bond motifs is 1. The van der Waals surface area contributed by atoms with E-state index in [0.29, 0.717) is 35.2 Å². The fourth-order valence-corrected chi connectivity index (χ4v) is 5.30. The summed E-state index contributed by atoms with van der Waals surface area (Å²) in [6, 6.07) is 0. The third-order valence-electron chi connectivity index (χ3n) is 6.48. The zero-order valence-corrected chi connectivity index (χ0v) is 25.7. The Morgan fingerprint density at radius 3 is 2.26 bits per heavy atom. The molecule has 0 aliphatic rings. The van der Waals surface area contributed by atoms with Gasteiger partial charge in [-0.3, -0.25) is 4.79 Å². The van der Waals surface area contributed by atoms with Gasteiger partial charge >= 0.3 is 5.97 Å². The maximum Gasteiger partial charge on any atom is 0.319 e. The van der Waals surface area contributed by atoms with E-state index in [4.69, 9.17) is 9.47 Å². The Hall–Kier alpha value is -2.35. The molecule has 0 spiro atoms. The molecule has 39 heavy (non-hydrogen) atoms. The Labute approximate surface area is 240 Å². The second-order valence-electron chi connectivity index (χ2n) is 10.3. The molecule has 1 atom stereocenters. The zero-order valence-electron chi connectivity index (χ0n) is 24.9. The summed E-state index contributed by atoms with van der Waals surface area (Å²) in [7, 11) is 1.86. The van der Waals surface area contributed by atoms with Crippen LogP contribution >= 0.6 is 11.8 Å². The number of ether oxygens (including phenoxy) is 2. The molecule has 7 nitrogen and oxygen atoms in total. The van der Waals surface area contributed by atoms with Gasteiger partial charge < -0.3 is 9.47 Å². The Balaban J connectivity index is 1.68. The predicted molar refractivity (Wildman–Crippen MR) is 162 cm³/mol. The minimum atomic E-state index is -0.354. The summed E-state index contributed by atoms with van der Waals surface area (Å²) < 4.78 is 13.1. The van der Waals surface area contributed by atoms with Crippen LogP contribution in [0.4, 0.5) is 0 Å². The number of nitrogens with zero attached hydrogens (tertiary/aromatic N) is 4. The van der Waals surface area contributed by atoms with E-state index in [1.165, 1.54) is 75.9 Å². The normalized spacial score (nSPS) is 12.8. The van der Waals surface area contributed by atoms with Crippen molar-refractivity contribution in [2.45, 2.75) is 115 Å². The fourth-order valence-electron chi connectivity index (χ4n) is 4.27. The quantitative estimate of drug-likeness (QED) is 0.0502. The van der Waals surface area contributed by atoms with Gasteiger partial charge in [-0.05, 0) is 51.4 Å². The number of carbonyl (C=O) groups excluding carboxylic acids is 1. The molecule has 2 rings (SSSR count). The van der Waals surface area contributed by atoms with Crippen LogP contribution in [-0.2, 0) is 16.6 Å². The highest BCUT2D eigenvalue weighted by atomic mass is 32.2. The zero-order chi connectivity index (χ0) is 28.3. The van der Waals surface area contributed by atoms with Crippen molar-refractivity contribution in [2.75, 3.05) is 13.2 Å².